The SMILES string of the molecule is CCOC(=O)CN1CCc2cc(C3C=CC=CO3)c(Cl)cc21. The van der Waals surface area contributed by atoms with Gasteiger partial charge in [-0.25, -0.2) is 0 Å². The predicted octanol–water partition coefficient (Wildman–Crippen LogP) is 3.41. The maximum absolute atomic E-state index is 11.7. The zero-order valence-corrected chi connectivity index (χ0v) is 13.2. The second-order valence-corrected chi connectivity index (χ2v) is 5.66. The molecule has 0 bridgehead atoms. The highest BCUT2D eigenvalue weighted by atomic mass is 35.5. The molecule has 5 heteroatoms. The predicted molar refractivity (Wildman–Crippen MR) is 86.1 cm³/mol. The number of hydrogen-bond donors (Lipinski definition) is 0. The molecule has 0 saturated carbocycles. The normalized spacial score (nSPS) is 19.0. The van der Waals surface area contributed by atoms with Crippen LogP contribution < -0.4 is 4.90 Å². The van der Waals surface area contributed by atoms with E-state index in [1.165, 1.54) is 5.56 Å². The van der Waals surface area contributed by atoms with Crippen LogP contribution in [0.4, 0.5) is 5.69 Å². The van der Waals surface area contributed by atoms with Gasteiger partial charge in [-0.05, 0) is 43.2 Å². The summed E-state index contributed by atoms with van der Waals surface area (Å²) in [7, 11) is 0. The van der Waals surface area contributed by atoms with Crippen molar-refractivity contribution in [3.63, 3.8) is 0 Å². The third kappa shape index (κ3) is 2.97. The maximum atomic E-state index is 11.7. The number of carbonyl (C=O) groups is 1. The van der Waals surface area contributed by atoms with Crippen LogP contribution in [0, 0.1) is 0 Å². The monoisotopic (exact) mass is 319 g/mol. The molecule has 0 spiro atoms. The Bertz CT molecular complexity index is 639. The molecule has 2 heterocycles. The minimum Gasteiger partial charge on any atom is -0.489 e. The van der Waals surface area contributed by atoms with Crippen LogP contribution in [0.25, 0.3) is 0 Å². The van der Waals surface area contributed by atoms with Crippen LogP contribution in [-0.2, 0) is 20.7 Å². The molecule has 116 valence electrons. The molecule has 0 radical (unpaired) electrons. The summed E-state index contributed by atoms with van der Waals surface area (Å²) in [5.74, 6) is -0.209. The Morgan fingerprint density at radius 2 is 2.32 bits per heavy atom. The lowest BCUT2D eigenvalue weighted by molar-refractivity contribution is -0.141. The Kier molecular flexibility index (Phi) is 4.39. The van der Waals surface area contributed by atoms with E-state index in [4.69, 9.17) is 21.1 Å². The molecule has 22 heavy (non-hydrogen) atoms. The van der Waals surface area contributed by atoms with Gasteiger partial charge in [0.1, 0.15) is 12.6 Å². The van der Waals surface area contributed by atoms with Crippen molar-refractivity contribution in [1.82, 2.24) is 0 Å². The molecule has 0 fully saturated rings. The molecule has 4 nitrogen and oxygen atoms in total. The van der Waals surface area contributed by atoms with Crippen molar-refractivity contribution >= 4 is 23.3 Å². The summed E-state index contributed by atoms with van der Waals surface area (Å²) in [6.45, 7) is 3.28. The van der Waals surface area contributed by atoms with Gasteiger partial charge in [-0.2, -0.15) is 0 Å². The van der Waals surface area contributed by atoms with Gasteiger partial charge in [0.05, 0.1) is 12.9 Å². The second-order valence-electron chi connectivity index (χ2n) is 5.25. The van der Waals surface area contributed by atoms with Crippen molar-refractivity contribution in [2.45, 2.75) is 19.4 Å². The molecule has 0 amide bonds. The van der Waals surface area contributed by atoms with Crippen molar-refractivity contribution < 1.29 is 14.3 Å². The van der Waals surface area contributed by atoms with Gasteiger partial charge in [-0.3, -0.25) is 4.79 Å². The Labute approximate surface area is 135 Å². The average Bonchev–Trinajstić information content (AvgIpc) is 2.89. The van der Waals surface area contributed by atoms with Crippen LogP contribution in [-0.4, -0.2) is 25.7 Å². The number of ether oxygens (including phenoxy) is 2. The first-order valence-electron chi connectivity index (χ1n) is 7.40. The van der Waals surface area contributed by atoms with Crippen LogP contribution in [0.15, 0.2) is 36.6 Å². The van der Waals surface area contributed by atoms with E-state index in [-0.39, 0.29) is 18.6 Å². The summed E-state index contributed by atoms with van der Waals surface area (Å²) in [5.41, 5.74) is 3.16. The van der Waals surface area contributed by atoms with Crippen LogP contribution in [0.1, 0.15) is 24.2 Å². The molecule has 1 aromatic rings. The zero-order chi connectivity index (χ0) is 15.5. The van der Waals surface area contributed by atoms with E-state index < -0.39 is 0 Å². The Balaban J connectivity index is 1.82. The molecular formula is C17H18ClNO3. The first-order chi connectivity index (χ1) is 10.7. The fourth-order valence-electron chi connectivity index (χ4n) is 2.80. The lowest BCUT2D eigenvalue weighted by Gasteiger charge is -2.21. The molecule has 0 saturated heterocycles. The number of anilines is 1. The van der Waals surface area contributed by atoms with Crippen LogP contribution in [0.3, 0.4) is 0 Å². The van der Waals surface area contributed by atoms with E-state index in [2.05, 4.69) is 6.07 Å². The van der Waals surface area contributed by atoms with Crippen molar-refractivity contribution in [3.8, 4) is 0 Å². The van der Waals surface area contributed by atoms with Crippen LogP contribution in [0.2, 0.25) is 5.02 Å². The fraction of sp³-hybridized carbons (Fsp3) is 0.353. The number of fused-ring (bicyclic) bond motifs is 1. The lowest BCUT2D eigenvalue weighted by Crippen LogP contribution is -2.29. The highest BCUT2D eigenvalue weighted by Crippen LogP contribution is 2.37. The van der Waals surface area contributed by atoms with Gasteiger partial charge in [-0.1, -0.05) is 17.7 Å². The van der Waals surface area contributed by atoms with E-state index >= 15 is 0 Å². The van der Waals surface area contributed by atoms with E-state index in [9.17, 15) is 4.79 Å². The first-order valence-corrected chi connectivity index (χ1v) is 7.78. The number of rotatable bonds is 4. The van der Waals surface area contributed by atoms with Gasteiger partial charge in [0.2, 0.25) is 0 Å². The summed E-state index contributed by atoms with van der Waals surface area (Å²) in [5, 5.41) is 0.652. The minimum atomic E-state index is -0.209. The Morgan fingerprint density at radius 3 is 3.05 bits per heavy atom. The second kappa shape index (κ2) is 6.44. The van der Waals surface area contributed by atoms with Gasteiger partial charge in [0.15, 0.2) is 0 Å². The summed E-state index contributed by atoms with van der Waals surface area (Å²) in [4.78, 5) is 13.7. The van der Waals surface area contributed by atoms with Gasteiger partial charge >= 0.3 is 5.97 Å². The summed E-state index contributed by atoms with van der Waals surface area (Å²) in [6.07, 6.45) is 8.18. The highest BCUT2D eigenvalue weighted by Gasteiger charge is 2.25. The van der Waals surface area contributed by atoms with Crippen molar-refractivity contribution in [1.29, 1.82) is 0 Å². The van der Waals surface area contributed by atoms with Gasteiger partial charge in [0, 0.05) is 22.8 Å². The highest BCUT2D eigenvalue weighted by molar-refractivity contribution is 6.31. The van der Waals surface area contributed by atoms with Crippen LogP contribution >= 0.6 is 11.6 Å². The van der Waals surface area contributed by atoms with E-state index in [0.29, 0.717) is 11.6 Å². The number of allylic oxidation sites excluding steroid dienone is 2. The lowest BCUT2D eigenvalue weighted by atomic mass is 10.0. The molecular weight excluding hydrogens is 302 g/mol. The number of nitrogens with zero attached hydrogens (tertiary/aromatic N) is 1. The molecule has 1 aromatic carbocycles. The number of halogens is 1. The Morgan fingerprint density at radius 1 is 1.45 bits per heavy atom. The topological polar surface area (TPSA) is 38.8 Å². The van der Waals surface area contributed by atoms with Gasteiger partial charge in [-0.15, -0.1) is 0 Å². The smallest absolute Gasteiger partial charge is 0.325 e. The van der Waals surface area contributed by atoms with Gasteiger partial charge in [0.25, 0.3) is 0 Å². The third-order valence-electron chi connectivity index (χ3n) is 3.82. The largest absolute Gasteiger partial charge is 0.489 e. The molecule has 0 aromatic heterocycles. The van der Waals surface area contributed by atoms with E-state index in [1.807, 2.05) is 36.1 Å². The van der Waals surface area contributed by atoms with Crippen molar-refractivity contribution in [3.05, 3.63) is 52.8 Å². The summed E-state index contributed by atoms with van der Waals surface area (Å²) >= 11 is 6.42. The molecule has 2 aliphatic heterocycles. The number of benzene rings is 1. The standard InChI is InChI=1S/C17H18ClNO3/c1-2-21-17(20)11-19-7-6-12-9-13(14(18)10-15(12)19)16-5-3-4-8-22-16/h3-5,8-10,16H,2,6-7,11H2,1H3. The average molecular weight is 320 g/mol. The number of carbonyl (C=O) groups excluding carboxylic acids is 1. The zero-order valence-electron chi connectivity index (χ0n) is 12.4. The van der Waals surface area contributed by atoms with E-state index in [1.54, 1.807) is 6.26 Å². The molecule has 1 unspecified atom stereocenters. The Hall–Kier alpha value is -1.94. The molecule has 1 atom stereocenters. The van der Waals surface area contributed by atoms with Crippen molar-refractivity contribution in [2.24, 2.45) is 0 Å². The quantitative estimate of drug-likeness (QED) is 0.797. The number of esters is 1. The molecule has 0 aliphatic carbocycles. The molecule has 0 N–H and O–H groups in total. The van der Waals surface area contributed by atoms with Crippen LogP contribution in [0.5, 0.6) is 0 Å². The van der Waals surface area contributed by atoms with Crippen molar-refractivity contribution in [2.75, 3.05) is 24.6 Å². The summed E-state index contributed by atoms with van der Waals surface area (Å²) in [6, 6.07) is 4.00. The molecule has 2 aliphatic rings. The van der Waals surface area contributed by atoms with Gasteiger partial charge < -0.3 is 14.4 Å². The number of hydrogen-bond acceptors (Lipinski definition) is 4. The van der Waals surface area contributed by atoms with E-state index in [0.717, 1.165) is 24.2 Å². The third-order valence-corrected chi connectivity index (χ3v) is 4.15. The maximum Gasteiger partial charge on any atom is 0.325 e. The first kappa shape index (κ1) is 15.0. The summed E-state index contributed by atoms with van der Waals surface area (Å²) < 4.78 is 10.6. The molecule has 3 rings (SSSR count). The minimum absolute atomic E-state index is 0.151. The fourth-order valence-corrected chi connectivity index (χ4v) is 3.07.